The number of hydrogen-bond donors (Lipinski definition) is 2. The second-order valence-electron chi connectivity index (χ2n) is 5.98. The molecular formula is C13H22N2O4. The van der Waals surface area contributed by atoms with Crippen LogP contribution in [0.1, 0.15) is 39.5 Å². The lowest BCUT2D eigenvalue weighted by molar-refractivity contribution is -0.147. The average Bonchev–Trinajstić information content (AvgIpc) is 2.73. The normalized spacial score (nSPS) is 35.2. The summed E-state index contributed by atoms with van der Waals surface area (Å²) in [5.41, 5.74) is -1.48. The smallest absolute Gasteiger partial charge is 0.329 e. The molecule has 0 saturated carbocycles. The van der Waals surface area contributed by atoms with Gasteiger partial charge in [0.1, 0.15) is 5.54 Å². The van der Waals surface area contributed by atoms with Crippen molar-refractivity contribution in [1.29, 1.82) is 0 Å². The molecule has 0 aliphatic carbocycles. The molecule has 6 heteroatoms. The molecule has 2 fully saturated rings. The van der Waals surface area contributed by atoms with Gasteiger partial charge in [-0.3, -0.25) is 0 Å². The lowest BCUT2D eigenvalue weighted by Gasteiger charge is -2.38. The lowest BCUT2D eigenvalue weighted by atomic mass is 9.95. The van der Waals surface area contributed by atoms with E-state index in [1.165, 1.54) is 4.90 Å². The Balaban J connectivity index is 2.05. The van der Waals surface area contributed by atoms with E-state index in [4.69, 9.17) is 4.74 Å². The molecule has 0 aromatic carbocycles. The Morgan fingerprint density at radius 2 is 2.00 bits per heavy atom. The first-order valence-electron chi connectivity index (χ1n) is 6.78. The Kier molecular flexibility index (Phi) is 3.71. The van der Waals surface area contributed by atoms with Crippen LogP contribution in [0, 0.1) is 0 Å². The molecule has 2 unspecified atom stereocenters. The van der Waals surface area contributed by atoms with Gasteiger partial charge in [0.05, 0.1) is 12.1 Å². The molecule has 0 radical (unpaired) electrons. The van der Waals surface area contributed by atoms with Gasteiger partial charge in [-0.05, 0) is 39.5 Å². The number of carbonyl (C=O) groups excluding carboxylic acids is 1. The van der Waals surface area contributed by atoms with Gasteiger partial charge in [0.25, 0.3) is 0 Å². The molecule has 19 heavy (non-hydrogen) atoms. The lowest BCUT2D eigenvalue weighted by Crippen LogP contribution is -2.60. The van der Waals surface area contributed by atoms with Crippen molar-refractivity contribution in [3.05, 3.63) is 0 Å². The van der Waals surface area contributed by atoms with Crippen molar-refractivity contribution >= 4 is 12.0 Å². The standard InChI is InChI=1S/C13H22N2O4/c1-12(5-4-8-19-9-12)14-11(18)15-7-3-6-13(15,2)10(16)17/h3-9H2,1-2H3,(H,14,18)(H,16,17). The molecule has 2 aliphatic rings. The van der Waals surface area contributed by atoms with Gasteiger partial charge in [0.15, 0.2) is 0 Å². The summed E-state index contributed by atoms with van der Waals surface area (Å²) in [6.07, 6.45) is 3.00. The highest BCUT2D eigenvalue weighted by Crippen LogP contribution is 2.30. The van der Waals surface area contributed by atoms with E-state index in [9.17, 15) is 14.7 Å². The number of likely N-dealkylation sites (tertiary alicyclic amines) is 1. The number of hydrogen-bond acceptors (Lipinski definition) is 3. The number of carboxylic acids is 1. The quantitative estimate of drug-likeness (QED) is 0.790. The summed E-state index contributed by atoms with van der Waals surface area (Å²) in [6, 6.07) is -0.296. The SMILES string of the molecule is CC1(NC(=O)N2CCCC2(C)C(=O)O)CCCOC1. The fourth-order valence-corrected chi connectivity index (χ4v) is 2.87. The van der Waals surface area contributed by atoms with Gasteiger partial charge in [-0.2, -0.15) is 0 Å². The summed E-state index contributed by atoms with van der Waals surface area (Å²) in [6.45, 7) is 5.25. The molecule has 0 aromatic heterocycles. The van der Waals surface area contributed by atoms with E-state index >= 15 is 0 Å². The Morgan fingerprint density at radius 1 is 1.26 bits per heavy atom. The summed E-state index contributed by atoms with van der Waals surface area (Å²) in [5, 5.41) is 12.3. The van der Waals surface area contributed by atoms with E-state index in [1.807, 2.05) is 6.92 Å². The van der Waals surface area contributed by atoms with Crippen molar-refractivity contribution in [1.82, 2.24) is 10.2 Å². The van der Waals surface area contributed by atoms with Crippen LogP contribution >= 0.6 is 0 Å². The van der Waals surface area contributed by atoms with Gasteiger partial charge in [-0.25, -0.2) is 9.59 Å². The molecule has 2 N–H and O–H groups in total. The first kappa shape index (κ1) is 14.1. The van der Waals surface area contributed by atoms with E-state index in [2.05, 4.69) is 5.32 Å². The molecule has 2 aliphatic heterocycles. The zero-order chi connectivity index (χ0) is 14.1. The summed E-state index contributed by atoms with van der Waals surface area (Å²) in [7, 11) is 0. The highest BCUT2D eigenvalue weighted by Gasteiger charge is 2.47. The van der Waals surface area contributed by atoms with Crippen molar-refractivity contribution in [2.45, 2.75) is 50.6 Å². The molecule has 2 atom stereocenters. The third-order valence-corrected chi connectivity index (χ3v) is 4.19. The summed E-state index contributed by atoms with van der Waals surface area (Å²) in [5.74, 6) is -0.940. The molecule has 0 spiro atoms. The number of ether oxygens (including phenoxy) is 1. The number of aliphatic carboxylic acids is 1. The number of nitrogens with zero attached hydrogens (tertiary/aromatic N) is 1. The third-order valence-electron chi connectivity index (χ3n) is 4.19. The molecule has 108 valence electrons. The molecule has 6 nitrogen and oxygen atoms in total. The summed E-state index contributed by atoms with van der Waals surface area (Å²) >= 11 is 0. The van der Waals surface area contributed by atoms with Crippen molar-refractivity contribution in [2.24, 2.45) is 0 Å². The first-order valence-corrected chi connectivity index (χ1v) is 6.78. The molecule has 2 saturated heterocycles. The van der Waals surface area contributed by atoms with Crippen LogP contribution in [0.2, 0.25) is 0 Å². The van der Waals surface area contributed by atoms with Crippen LogP contribution in [0.3, 0.4) is 0 Å². The van der Waals surface area contributed by atoms with Gasteiger partial charge >= 0.3 is 12.0 Å². The van der Waals surface area contributed by atoms with E-state index in [0.29, 0.717) is 19.6 Å². The van der Waals surface area contributed by atoms with Crippen molar-refractivity contribution < 1.29 is 19.4 Å². The maximum Gasteiger partial charge on any atom is 0.329 e. The van der Waals surface area contributed by atoms with E-state index in [0.717, 1.165) is 25.9 Å². The Hall–Kier alpha value is -1.30. The molecule has 0 bridgehead atoms. The number of nitrogens with one attached hydrogen (secondary N) is 1. The monoisotopic (exact) mass is 270 g/mol. The molecule has 0 aromatic rings. The van der Waals surface area contributed by atoms with E-state index < -0.39 is 17.0 Å². The van der Waals surface area contributed by atoms with E-state index in [-0.39, 0.29) is 6.03 Å². The van der Waals surface area contributed by atoms with Gasteiger partial charge in [0, 0.05) is 13.2 Å². The highest BCUT2D eigenvalue weighted by atomic mass is 16.5. The van der Waals surface area contributed by atoms with Crippen molar-refractivity contribution in [3.8, 4) is 0 Å². The Morgan fingerprint density at radius 3 is 2.58 bits per heavy atom. The Bertz CT molecular complexity index is 379. The number of rotatable bonds is 2. The molecule has 2 amide bonds. The average molecular weight is 270 g/mol. The number of carbonyl (C=O) groups is 2. The van der Waals surface area contributed by atoms with Crippen LogP contribution in [-0.4, -0.2) is 52.8 Å². The minimum atomic E-state index is -1.09. The largest absolute Gasteiger partial charge is 0.480 e. The fraction of sp³-hybridized carbons (Fsp3) is 0.846. The topological polar surface area (TPSA) is 78.9 Å². The van der Waals surface area contributed by atoms with Crippen LogP contribution in [0.5, 0.6) is 0 Å². The maximum absolute atomic E-state index is 12.3. The van der Waals surface area contributed by atoms with Crippen molar-refractivity contribution in [2.75, 3.05) is 19.8 Å². The minimum absolute atomic E-state index is 0.296. The fourth-order valence-electron chi connectivity index (χ4n) is 2.87. The van der Waals surface area contributed by atoms with E-state index in [1.54, 1.807) is 6.92 Å². The van der Waals surface area contributed by atoms with Crippen LogP contribution in [0.25, 0.3) is 0 Å². The zero-order valence-electron chi connectivity index (χ0n) is 11.6. The summed E-state index contributed by atoms with van der Waals surface area (Å²) in [4.78, 5) is 25.1. The summed E-state index contributed by atoms with van der Waals surface area (Å²) < 4.78 is 5.40. The van der Waals surface area contributed by atoms with Crippen molar-refractivity contribution in [3.63, 3.8) is 0 Å². The second-order valence-corrected chi connectivity index (χ2v) is 5.98. The highest BCUT2D eigenvalue weighted by molar-refractivity contribution is 5.87. The zero-order valence-corrected chi connectivity index (χ0v) is 11.6. The second kappa shape index (κ2) is 5.00. The molecule has 2 heterocycles. The number of carboxylic acid groups (broad SMARTS) is 1. The number of amides is 2. The molecular weight excluding hydrogens is 248 g/mol. The van der Waals surface area contributed by atoms with Gasteiger partial charge in [-0.1, -0.05) is 0 Å². The Labute approximate surface area is 113 Å². The predicted molar refractivity (Wildman–Crippen MR) is 69.0 cm³/mol. The first-order chi connectivity index (χ1) is 8.87. The van der Waals surface area contributed by atoms with Crippen LogP contribution in [-0.2, 0) is 9.53 Å². The number of urea groups is 1. The van der Waals surface area contributed by atoms with Gasteiger partial charge in [-0.15, -0.1) is 0 Å². The van der Waals surface area contributed by atoms with Gasteiger partial charge < -0.3 is 20.1 Å². The van der Waals surface area contributed by atoms with Gasteiger partial charge in [0.2, 0.25) is 0 Å². The minimum Gasteiger partial charge on any atom is -0.480 e. The predicted octanol–water partition coefficient (Wildman–Crippen LogP) is 1.20. The third kappa shape index (κ3) is 2.68. The molecule has 2 rings (SSSR count). The van der Waals surface area contributed by atoms with Crippen LogP contribution in [0.15, 0.2) is 0 Å². The van der Waals surface area contributed by atoms with Crippen LogP contribution in [0.4, 0.5) is 4.79 Å². The van der Waals surface area contributed by atoms with Crippen LogP contribution < -0.4 is 5.32 Å². The maximum atomic E-state index is 12.3.